The first-order valence-electron chi connectivity index (χ1n) is 15.5. The maximum Gasteiger partial charge on any atom is 0.250 e. The number of carbonyl (C=O) groups excluding carboxylic acids is 1. The van der Waals surface area contributed by atoms with Crippen molar-refractivity contribution in [2.75, 3.05) is 57.4 Å². The molecule has 1 spiro atoms. The van der Waals surface area contributed by atoms with Crippen LogP contribution in [0.4, 0.5) is 10.1 Å². The molecule has 7 nitrogen and oxygen atoms in total. The fourth-order valence-electron chi connectivity index (χ4n) is 8.18. The summed E-state index contributed by atoms with van der Waals surface area (Å²) in [5, 5.41) is 23.4. The lowest BCUT2D eigenvalue weighted by atomic mass is 9.84. The van der Waals surface area contributed by atoms with E-state index in [-0.39, 0.29) is 30.8 Å². The summed E-state index contributed by atoms with van der Waals surface area (Å²) in [5.41, 5.74) is 2.92. The minimum absolute atomic E-state index is 0.0641. The molecule has 2 N–H and O–H groups in total. The Morgan fingerprint density at radius 3 is 2.50 bits per heavy atom. The normalized spacial score (nSPS) is 25.2. The van der Waals surface area contributed by atoms with Crippen LogP contribution in [0.1, 0.15) is 42.9 Å². The topological polar surface area (TPSA) is 70.5 Å². The number of β-amino-alcohol motifs (C(OH)–C–C–N with tert-alkyl or cyclic N) is 1. The predicted octanol–water partition coefficient (Wildman–Crippen LogP) is 3.78. The van der Waals surface area contributed by atoms with Crippen LogP contribution in [0.2, 0.25) is 0 Å². The lowest BCUT2D eigenvalue weighted by Gasteiger charge is -2.45. The number of anilines is 1. The number of aliphatic hydroxyl groups excluding tert-OH is 2. The zero-order chi connectivity index (χ0) is 28.8. The second-order valence-electron chi connectivity index (χ2n) is 12.8. The molecule has 1 unspecified atom stereocenters. The van der Waals surface area contributed by atoms with Crippen molar-refractivity contribution in [2.45, 2.75) is 49.8 Å². The fraction of sp³-hybridized carbons (Fsp3) is 0.500. The summed E-state index contributed by atoms with van der Waals surface area (Å²) in [5.74, 6) is 0.0220. The van der Waals surface area contributed by atoms with Gasteiger partial charge < -0.3 is 24.9 Å². The fourth-order valence-corrected chi connectivity index (χ4v) is 8.18. The van der Waals surface area contributed by atoms with Gasteiger partial charge in [-0.1, -0.05) is 36.4 Å². The van der Waals surface area contributed by atoms with Crippen LogP contribution in [0.15, 0.2) is 60.7 Å². The van der Waals surface area contributed by atoms with Crippen LogP contribution >= 0.6 is 0 Å². The Morgan fingerprint density at radius 1 is 0.976 bits per heavy atom. The van der Waals surface area contributed by atoms with Gasteiger partial charge in [-0.25, -0.2) is 4.39 Å². The van der Waals surface area contributed by atoms with Crippen LogP contribution in [0.25, 0.3) is 10.8 Å². The molecule has 222 valence electrons. The molecule has 0 radical (unpaired) electrons. The molecule has 7 rings (SSSR count). The molecule has 3 fully saturated rings. The van der Waals surface area contributed by atoms with E-state index in [2.05, 4.69) is 51.1 Å². The van der Waals surface area contributed by atoms with E-state index >= 15 is 0 Å². The van der Waals surface area contributed by atoms with Gasteiger partial charge in [0.05, 0.1) is 12.8 Å². The predicted molar refractivity (Wildman–Crippen MR) is 162 cm³/mol. The van der Waals surface area contributed by atoms with E-state index in [0.717, 1.165) is 51.1 Å². The Labute approximate surface area is 247 Å². The van der Waals surface area contributed by atoms with Gasteiger partial charge in [0.25, 0.3) is 0 Å². The molecular formula is C34H41FN4O3. The molecule has 4 aliphatic rings. The minimum atomic E-state index is -0.710. The van der Waals surface area contributed by atoms with Gasteiger partial charge >= 0.3 is 0 Å². The van der Waals surface area contributed by atoms with Gasteiger partial charge in [-0.15, -0.1) is 0 Å². The van der Waals surface area contributed by atoms with Crippen LogP contribution in [-0.2, 0) is 11.2 Å². The third-order valence-corrected chi connectivity index (χ3v) is 10.3. The third kappa shape index (κ3) is 4.88. The molecule has 3 aromatic rings. The van der Waals surface area contributed by atoms with Crippen molar-refractivity contribution in [1.29, 1.82) is 0 Å². The number of hydrogen-bond acceptors (Lipinski definition) is 6. The number of aliphatic hydroxyl groups is 2. The van der Waals surface area contributed by atoms with Gasteiger partial charge in [0.1, 0.15) is 11.4 Å². The van der Waals surface area contributed by atoms with E-state index in [1.165, 1.54) is 34.0 Å². The summed E-state index contributed by atoms with van der Waals surface area (Å²) in [4.78, 5) is 23.0. The van der Waals surface area contributed by atoms with Gasteiger partial charge in [-0.2, -0.15) is 0 Å². The van der Waals surface area contributed by atoms with Crippen LogP contribution < -0.4 is 4.90 Å². The summed E-state index contributed by atoms with van der Waals surface area (Å²) < 4.78 is 13.9. The highest BCUT2D eigenvalue weighted by Gasteiger charge is 2.54. The molecule has 3 aliphatic heterocycles. The van der Waals surface area contributed by atoms with Crippen molar-refractivity contribution in [1.82, 2.24) is 14.7 Å². The van der Waals surface area contributed by atoms with Gasteiger partial charge in [0.2, 0.25) is 5.91 Å². The molecule has 0 saturated carbocycles. The zero-order valence-corrected chi connectivity index (χ0v) is 24.2. The largest absolute Gasteiger partial charge is 0.396 e. The van der Waals surface area contributed by atoms with Crippen LogP contribution in [0.3, 0.4) is 0 Å². The number of halogens is 1. The highest BCUT2D eigenvalue weighted by atomic mass is 19.1. The molecule has 3 saturated heterocycles. The van der Waals surface area contributed by atoms with Gasteiger partial charge in [0, 0.05) is 51.1 Å². The van der Waals surface area contributed by atoms with Crippen molar-refractivity contribution in [2.24, 2.45) is 5.92 Å². The van der Waals surface area contributed by atoms with E-state index in [4.69, 9.17) is 0 Å². The molecule has 3 atom stereocenters. The maximum atomic E-state index is 14.3. The maximum absolute atomic E-state index is 14.3. The highest BCUT2D eigenvalue weighted by Crippen LogP contribution is 2.45. The quantitative estimate of drug-likeness (QED) is 0.449. The molecule has 1 aliphatic carbocycles. The lowest BCUT2D eigenvalue weighted by molar-refractivity contribution is -0.135. The molecule has 0 bridgehead atoms. The van der Waals surface area contributed by atoms with E-state index in [1.54, 1.807) is 12.1 Å². The number of rotatable bonds is 7. The summed E-state index contributed by atoms with van der Waals surface area (Å²) >= 11 is 0. The highest BCUT2D eigenvalue weighted by molar-refractivity contribution is 5.94. The molecule has 3 heterocycles. The zero-order valence-electron chi connectivity index (χ0n) is 24.2. The Hall–Kier alpha value is -3.04. The monoisotopic (exact) mass is 572 g/mol. The molecule has 1 amide bonds. The van der Waals surface area contributed by atoms with E-state index in [9.17, 15) is 19.4 Å². The van der Waals surface area contributed by atoms with Crippen molar-refractivity contribution in [3.8, 4) is 0 Å². The van der Waals surface area contributed by atoms with Crippen LogP contribution in [0, 0.1) is 11.7 Å². The average molecular weight is 573 g/mol. The number of piperidine rings is 2. The smallest absolute Gasteiger partial charge is 0.250 e. The number of hydrogen-bond donors (Lipinski definition) is 2. The van der Waals surface area contributed by atoms with Crippen molar-refractivity contribution < 1.29 is 19.4 Å². The lowest BCUT2D eigenvalue weighted by Crippen LogP contribution is -2.57. The van der Waals surface area contributed by atoms with E-state index < -0.39 is 11.6 Å². The Bertz CT molecular complexity index is 1440. The molecule has 42 heavy (non-hydrogen) atoms. The first kappa shape index (κ1) is 27.8. The van der Waals surface area contributed by atoms with E-state index in [1.807, 2.05) is 4.90 Å². The number of benzene rings is 3. The second-order valence-corrected chi connectivity index (χ2v) is 12.8. The second kappa shape index (κ2) is 11.2. The Kier molecular flexibility index (Phi) is 7.42. The van der Waals surface area contributed by atoms with E-state index in [0.29, 0.717) is 32.1 Å². The Morgan fingerprint density at radius 2 is 1.74 bits per heavy atom. The minimum Gasteiger partial charge on any atom is -0.396 e. The van der Waals surface area contributed by atoms with Crippen molar-refractivity contribution >= 4 is 22.4 Å². The van der Waals surface area contributed by atoms with Crippen LogP contribution in [0.5, 0.6) is 0 Å². The van der Waals surface area contributed by atoms with Crippen molar-refractivity contribution in [3.05, 3.63) is 77.6 Å². The SMILES string of the molecule is O=C1N(C[C@H](O)CN2CCCC(CO)C2)CN(c2ccc(F)cc2)C12CCN([C@@H]1Cc3cccc4cccc1c34)CC2. The third-order valence-electron chi connectivity index (χ3n) is 10.3. The van der Waals surface area contributed by atoms with Crippen molar-refractivity contribution in [3.63, 3.8) is 0 Å². The standard InChI is InChI=1S/C34H41FN4O3/c35-27-9-11-28(12-10-27)39-23-38(21-29(41)20-36-15-3-4-24(19-36)22-40)33(42)34(39)13-16-37(17-14-34)31-18-26-7-1-5-25-6-2-8-30(31)32(25)26/h1-2,5-12,24,29,31,40-41H,3-4,13-23H2/t24?,29-,31-/m1/s1. The van der Waals surface area contributed by atoms with Crippen LogP contribution in [-0.4, -0.2) is 95.0 Å². The van der Waals surface area contributed by atoms with Gasteiger partial charge in [-0.3, -0.25) is 9.69 Å². The average Bonchev–Trinajstić information content (AvgIpc) is 3.51. The number of amides is 1. The Balaban J connectivity index is 1.09. The summed E-state index contributed by atoms with van der Waals surface area (Å²) in [6, 6.07) is 19.9. The molecular weight excluding hydrogens is 531 g/mol. The van der Waals surface area contributed by atoms with Gasteiger partial charge in [-0.05, 0) is 90.7 Å². The molecule has 8 heteroatoms. The number of nitrogens with zero attached hydrogens (tertiary/aromatic N) is 4. The first-order valence-corrected chi connectivity index (χ1v) is 15.5. The van der Waals surface area contributed by atoms with Gasteiger partial charge in [0.15, 0.2) is 0 Å². The first-order chi connectivity index (χ1) is 20.4. The number of likely N-dealkylation sites (tertiary alicyclic amines) is 2. The molecule has 3 aromatic carbocycles. The summed E-state index contributed by atoms with van der Waals surface area (Å²) in [6.07, 6.45) is 3.72. The number of carbonyl (C=O) groups is 1. The summed E-state index contributed by atoms with van der Waals surface area (Å²) in [7, 11) is 0. The summed E-state index contributed by atoms with van der Waals surface area (Å²) in [6.45, 7) is 4.59. The molecule has 0 aromatic heterocycles.